The summed E-state index contributed by atoms with van der Waals surface area (Å²) in [5, 5.41) is 3.50. The zero-order valence-electron chi connectivity index (χ0n) is 13.1. The number of rotatable bonds is 9. The Kier molecular flexibility index (Phi) is 5.86. The molecule has 0 aromatic heterocycles. The molecule has 1 aromatic carbocycles. The van der Waals surface area contributed by atoms with E-state index in [-0.39, 0.29) is 0 Å². The van der Waals surface area contributed by atoms with Gasteiger partial charge in [-0.15, -0.1) is 0 Å². The van der Waals surface area contributed by atoms with E-state index in [0.29, 0.717) is 6.04 Å². The van der Waals surface area contributed by atoms with E-state index < -0.39 is 0 Å². The molecule has 20 heavy (non-hydrogen) atoms. The van der Waals surface area contributed by atoms with Crippen LogP contribution in [0.5, 0.6) is 5.75 Å². The molecule has 1 fully saturated rings. The summed E-state index contributed by atoms with van der Waals surface area (Å²) in [5.74, 6) is 0.976. The number of nitrogens with zero attached hydrogens (tertiary/aromatic N) is 1. The summed E-state index contributed by atoms with van der Waals surface area (Å²) in [4.78, 5) is 2.40. The molecule has 0 spiro atoms. The molecule has 0 saturated heterocycles. The number of ether oxygens (including phenoxy) is 1. The van der Waals surface area contributed by atoms with Gasteiger partial charge >= 0.3 is 0 Å². The fraction of sp³-hybridized carbons (Fsp3) is 0.647. The SMILES string of the molecule is CCNC(CC)c1ccc(OCCN(C)C2CC2)cc1. The minimum atomic E-state index is 0.454. The van der Waals surface area contributed by atoms with E-state index in [2.05, 4.69) is 55.4 Å². The summed E-state index contributed by atoms with van der Waals surface area (Å²) >= 11 is 0. The van der Waals surface area contributed by atoms with E-state index in [1.54, 1.807) is 0 Å². The lowest BCUT2D eigenvalue weighted by Gasteiger charge is -2.18. The molecule has 1 aliphatic carbocycles. The molecular formula is C17H28N2O. The first-order valence-electron chi connectivity index (χ1n) is 7.91. The Hall–Kier alpha value is -1.06. The van der Waals surface area contributed by atoms with Gasteiger partial charge in [-0.25, -0.2) is 0 Å². The van der Waals surface area contributed by atoms with Gasteiger partial charge in [0.1, 0.15) is 12.4 Å². The monoisotopic (exact) mass is 276 g/mol. The maximum absolute atomic E-state index is 5.82. The second-order valence-corrected chi connectivity index (χ2v) is 5.65. The summed E-state index contributed by atoms with van der Waals surface area (Å²) in [6.45, 7) is 7.16. The van der Waals surface area contributed by atoms with Gasteiger partial charge in [-0.2, -0.15) is 0 Å². The fourth-order valence-electron chi connectivity index (χ4n) is 2.55. The Bertz CT molecular complexity index is 386. The van der Waals surface area contributed by atoms with Crippen LogP contribution in [0.2, 0.25) is 0 Å². The lowest BCUT2D eigenvalue weighted by molar-refractivity contribution is 0.232. The highest BCUT2D eigenvalue weighted by molar-refractivity contribution is 5.29. The number of hydrogen-bond acceptors (Lipinski definition) is 3. The largest absolute Gasteiger partial charge is 0.492 e. The van der Waals surface area contributed by atoms with Gasteiger partial charge in [-0.05, 0) is 50.6 Å². The molecule has 1 aliphatic rings. The van der Waals surface area contributed by atoms with Crippen LogP contribution in [0.25, 0.3) is 0 Å². The number of benzene rings is 1. The lowest BCUT2D eigenvalue weighted by Crippen LogP contribution is -2.26. The standard InChI is InChI=1S/C17H28N2O/c1-4-17(18-5-2)14-6-10-16(11-7-14)20-13-12-19(3)15-8-9-15/h6-7,10-11,15,17-18H,4-5,8-9,12-13H2,1-3H3. The lowest BCUT2D eigenvalue weighted by atomic mass is 10.0. The first-order chi connectivity index (χ1) is 9.74. The van der Waals surface area contributed by atoms with Crippen LogP contribution in [0.15, 0.2) is 24.3 Å². The van der Waals surface area contributed by atoms with E-state index in [0.717, 1.165) is 37.9 Å². The van der Waals surface area contributed by atoms with Crippen LogP contribution < -0.4 is 10.1 Å². The van der Waals surface area contributed by atoms with Crippen LogP contribution in [0, 0.1) is 0 Å². The quantitative estimate of drug-likeness (QED) is 0.749. The Morgan fingerprint density at radius 1 is 1.25 bits per heavy atom. The third-order valence-corrected chi connectivity index (χ3v) is 4.02. The van der Waals surface area contributed by atoms with Crippen molar-refractivity contribution in [2.75, 3.05) is 26.7 Å². The second-order valence-electron chi connectivity index (χ2n) is 5.65. The number of nitrogens with one attached hydrogen (secondary N) is 1. The van der Waals surface area contributed by atoms with Crippen molar-refractivity contribution in [3.8, 4) is 5.75 Å². The van der Waals surface area contributed by atoms with Crippen molar-refractivity contribution in [2.24, 2.45) is 0 Å². The van der Waals surface area contributed by atoms with Crippen LogP contribution in [0.3, 0.4) is 0 Å². The zero-order chi connectivity index (χ0) is 14.4. The van der Waals surface area contributed by atoms with Crippen LogP contribution in [-0.4, -0.2) is 37.7 Å². The Morgan fingerprint density at radius 2 is 1.95 bits per heavy atom. The normalized spacial score (nSPS) is 16.4. The number of hydrogen-bond donors (Lipinski definition) is 1. The van der Waals surface area contributed by atoms with E-state index in [1.807, 2.05) is 0 Å². The van der Waals surface area contributed by atoms with Gasteiger partial charge in [0.25, 0.3) is 0 Å². The molecule has 0 radical (unpaired) electrons. The van der Waals surface area contributed by atoms with Gasteiger partial charge in [-0.3, -0.25) is 0 Å². The summed E-state index contributed by atoms with van der Waals surface area (Å²) < 4.78 is 5.82. The average Bonchev–Trinajstić information content (AvgIpc) is 3.30. The summed E-state index contributed by atoms with van der Waals surface area (Å²) in [5.41, 5.74) is 1.34. The van der Waals surface area contributed by atoms with Gasteiger partial charge in [0.15, 0.2) is 0 Å². The molecule has 1 aromatic rings. The second kappa shape index (κ2) is 7.65. The maximum atomic E-state index is 5.82. The van der Waals surface area contributed by atoms with E-state index in [4.69, 9.17) is 4.74 Å². The highest BCUT2D eigenvalue weighted by Crippen LogP contribution is 2.25. The van der Waals surface area contributed by atoms with Crippen molar-refractivity contribution in [1.82, 2.24) is 10.2 Å². The fourth-order valence-corrected chi connectivity index (χ4v) is 2.55. The molecule has 1 saturated carbocycles. The van der Waals surface area contributed by atoms with E-state index in [9.17, 15) is 0 Å². The van der Waals surface area contributed by atoms with Crippen molar-refractivity contribution >= 4 is 0 Å². The van der Waals surface area contributed by atoms with Crippen LogP contribution in [0.4, 0.5) is 0 Å². The van der Waals surface area contributed by atoms with Gasteiger partial charge in [0, 0.05) is 18.6 Å². The summed E-state index contributed by atoms with van der Waals surface area (Å²) in [7, 11) is 2.19. The van der Waals surface area contributed by atoms with Gasteiger partial charge in [-0.1, -0.05) is 26.0 Å². The molecule has 2 rings (SSSR count). The van der Waals surface area contributed by atoms with Crippen LogP contribution >= 0.6 is 0 Å². The molecule has 1 unspecified atom stereocenters. The maximum Gasteiger partial charge on any atom is 0.119 e. The summed E-state index contributed by atoms with van der Waals surface area (Å²) in [6, 6.07) is 9.80. The average molecular weight is 276 g/mol. The molecular weight excluding hydrogens is 248 g/mol. The Balaban J connectivity index is 1.78. The zero-order valence-corrected chi connectivity index (χ0v) is 13.1. The predicted octanol–water partition coefficient (Wildman–Crippen LogP) is 3.22. The number of likely N-dealkylation sites (N-methyl/N-ethyl adjacent to an activating group) is 1. The minimum Gasteiger partial charge on any atom is -0.492 e. The van der Waals surface area contributed by atoms with E-state index >= 15 is 0 Å². The molecule has 1 N–H and O–H groups in total. The molecule has 3 nitrogen and oxygen atoms in total. The van der Waals surface area contributed by atoms with Gasteiger partial charge < -0.3 is 15.0 Å². The first kappa shape index (κ1) is 15.3. The van der Waals surface area contributed by atoms with Crippen molar-refractivity contribution < 1.29 is 4.74 Å². The third-order valence-electron chi connectivity index (χ3n) is 4.02. The topological polar surface area (TPSA) is 24.5 Å². The molecule has 0 bridgehead atoms. The van der Waals surface area contributed by atoms with E-state index in [1.165, 1.54) is 18.4 Å². The Morgan fingerprint density at radius 3 is 2.50 bits per heavy atom. The van der Waals surface area contributed by atoms with Crippen LogP contribution in [0.1, 0.15) is 44.7 Å². The first-order valence-corrected chi connectivity index (χ1v) is 7.91. The van der Waals surface area contributed by atoms with Gasteiger partial charge in [0.05, 0.1) is 0 Å². The Labute approximate surface area is 123 Å². The van der Waals surface area contributed by atoms with Crippen LogP contribution in [-0.2, 0) is 0 Å². The molecule has 0 heterocycles. The molecule has 1 atom stereocenters. The van der Waals surface area contributed by atoms with Crippen molar-refractivity contribution in [3.05, 3.63) is 29.8 Å². The molecule has 0 aliphatic heterocycles. The highest BCUT2D eigenvalue weighted by Gasteiger charge is 2.25. The molecule has 3 heteroatoms. The smallest absolute Gasteiger partial charge is 0.119 e. The minimum absolute atomic E-state index is 0.454. The molecule has 112 valence electrons. The van der Waals surface area contributed by atoms with Gasteiger partial charge in [0.2, 0.25) is 0 Å². The van der Waals surface area contributed by atoms with Crippen molar-refractivity contribution in [1.29, 1.82) is 0 Å². The third kappa shape index (κ3) is 4.50. The summed E-state index contributed by atoms with van der Waals surface area (Å²) in [6.07, 6.45) is 3.82. The van der Waals surface area contributed by atoms with Crippen molar-refractivity contribution in [3.63, 3.8) is 0 Å². The van der Waals surface area contributed by atoms with Crippen molar-refractivity contribution in [2.45, 2.75) is 45.2 Å². The highest BCUT2D eigenvalue weighted by atomic mass is 16.5. The predicted molar refractivity (Wildman–Crippen MR) is 84.3 cm³/mol. The molecule has 0 amide bonds.